The molecule has 2 nitrogen and oxygen atoms in total. The zero-order valence-corrected chi connectivity index (χ0v) is 5.81. The molecule has 9 heavy (non-hydrogen) atoms. The summed E-state index contributed by atoms with van der Waals surface area (Å²) in [4.78, 5) is 0. The highest BCUT2D eigenvalue weighted by Crippen LogP contribution is 2.34. The zero-order valence-electron chi connectivity index (χ0n) is 5.81. The van der Waals surface area contributed by atoms with E-state index in [1.54, 1.807) is 0 Å². The first-order chi connectivity index (χ1) is 4.31. The Labute approximate surface area is 55.6 Å². The van der Waals surface area contributed by atoms with Crippen molar-refractivity contribution >= 4 is 0 Å². The maximum absolute atomic E-state index is 5.15. The average molecular weight is 127 g/mol. The minimum Gasteiger partial charge on any atom is -0.380 e. The summed E-state index contributed by atoms with van der Waals surface area (Å²) >= 11 is 0. The topological polar surface area (TPSA) is 21.3 Å². The van der Waals surface area contributed by atoms with Gasteiger partial charge in [0.1, 0.15) is 0 Å². The Bertz CT molecular complexity index is 116. The van der Waals surface area contributed by atoms with Crippen LogP contribution < -0.4 is 5.32 Å². The number of hydrogen-bond acceptors (Lipinski definition) is 2. The van der Waals surface area contributed by atoms with Crippen molar-refractivity contribution in [2.75, 3.05) is 19.8 Å². The molecule has 0 aromatic heterocycles. The third-order valence-corrected chi connectivity index (χ3v) is 2.53. The summed E-state index contributed by atoms with van der Waals surface area (Å²) in [5.41, 5.74) is 0.484. The number of rotatable bonds is 1. The fraction of sp³-hybridized carbons (Fsp3) is 1.00. The van der Waals surface area contributed by atoms with Crippen LogP contribution in [0.3, 0.4) is 0 Å². The molecule has 0 aliphatic carbocycles. The van der Waals surface area contributed by atoms with Crippen molar-refractivity contribution in [2.45, 2.75) is 19.4 Å². The van der Waals surface area contributed by atoms with Gasteiger partial charge in [0.05, 0.1) is 13.2 Å². The largest absolute Gasteiger partial charge is 0.380 e. The van der Waals surface area contributed by atoms with Gasteiger partial charge in [-0.25, -0.2) is 0 Å². The van der Waals surface area contributed by atoms with E-state index < -0.39 is 0 Å². The molecular formula is C7H13NO. The minimum absolute atomic E-state index is 0.484. The molecule has 2 heterocycles. The van der Waals surface area contributed by atoms with E-state index in [9.17, 15) is 0 Å². The van der Waals surface area contributed by atoms with Gasteiger partial charge in [-0.15, -0.1) is 0 Å². The molecule has 0 saturated carbocycles. The molecule has 1 unspecified atom stereocenters. The highest BCUT2D eigenvalue weighted by atomic mass is 16.5. The van der Waals surface area contributed by atoms with Gasteiger partial charge < -0.3 is 10.1 Å². The summed E-state index contributed by atoms with van der Waals surface area (Å²) < 4.78 is 5.15. The summed E-state index contributed by atoms with van der Waals surface area (Å²) in [6.07, 6.45) is 1.35. The third-order valence-electron chi connectivity index (χ3n) is 2.53. The van der Waals surface area contributed by atoms with Gasteiger partial charge in [0.15, 0.2) is 0 Å². The van der Waals surface area contributed by atoms with Crippen molar-refractivity contribution in [1.29, 1.82) is 0 Å². The van der Waals surface area contributed by atoms with Crippen molar-refractivity contribution in [2.24, 2.45) is 5.41 Å². The SMILES string of the molecule is CC1(C2CCN2)COC1. The van der Waals surface area contributed by atoms with E-state index in [2.05, 4.69) is 12.2 Å². The fourth-order valence-corrected chi connectivity index (χ4v) is 1.51. The van der Waals surface area contributed by atoms with Crippen LogP contribution in [-0.4, -0.2) is 25.8 Å². The Balaban J connectivity index is 1.94. The lowest BCUT2D eigenvalue weighted by Gasteiger charge is -2.49. The van der Waals surface area contributed by atoms with Gasteiger partial charge >= 0.3 is 0 Å². The van der Waals surface area contributed by atoms with Crippen LogP contribution in [0, 0.1) is 5.41 Å². The molecule has 0 bridgehead atoms. The highest BCUT2D eigenvalue weighted by Gasteiger charge is 2.43. The summed E-state index contributed by atoms with van der Waals surface area (Å²) in [5.74, 6) is 0. The number of ether oxygens (including phenoxy) is 1. The van der Waals surface area contributed by atoms with Crippen molar-refractivity contribution in [1.82, 2.24) is 5.32 Å². The quantitative estimate of drug-likeness (QED) is 0.550. The minimum atomic E-state index is 0.484. The lowest BCUT2D eigenvalue weighted by atomic mass is 9.76. The standard InChI is InChI=1S/C7H13NO/c1-7(4-9-5-7)6-2-3-8-6/h6,8H,2-5H2,1H3. The smallest absolute Gasteiger partial charge is 0.0557 e. The lowest BCUT2D eigenvalue weighted by Crippen LogP contribution is -2.61. The van der Waals surface area contributed by atoms with Gasteiger partial charge in [-0.05, 0) is 13.0 Å². The monoisotopic (exact) mass is 127 g/mol. The number of nitrogens with one attached hydrogen (secondary N) is 1. The Morgan fingerprint density at radius 3 is 2.33 bits per heavy atom. The van der Waals surface area contributed by atoms with Crippen LogP contribution in [0.1, 0.15) is 13.3 Å². The molecule has 0 aromatic carbocycles. The van der Waals surface area contributed by atoms with Crippen LogP contribution in [-0.2, 0) is 4.74 Å². The van der Waals surface area contributed by atoms with Gasteiger partial charge in [-0.1, -0.05) is 6.92 Å². The molecule has 2 rings (SSSR count). The van der Waals surface area contributed by atoms with Gasteiger partial charge in [-0.2, -0.15) is 0 Å². The molecule has 2 heteroatoms. The highest BCUT2D eigenvalue weighted by molar-refractivity contribution is 4.97. The first-order valence-electron chi connectivity index (χ1n) is 3.62. The Morgan fingerprint density at radius 1 is 1.56 bits per heavy atom. The van der Waals surface area contributed by atoms with Gasteiger partial charge in [0.25, 0.3) is 0 Å². The second-order valence-corrected chi connectivity index (χ2v) is 3.44. The Hall–Kier alpha value is -0.0800. The second-order valence-electron chi connectivity index (χ2n) is 3.44. The van der Waals surface area contributed by atoms with Crippen molar-refractivity contribution < 1.29 is 4.74 Å². The molecule has 0 spiro atoms. The predicted molar refractivity (Wildman–Crippen MR) is 35.3 cm³/mol. The number of hydrogen-bond donors (Lipinski definition) is 1. The van der Waals surface area contributed by atoms with E-state index in [4.69, 9.17) is 4.74 Å². The molecular weight excluding hydrogens is 114 g/mol. The molecule has 2 fully saturated rings. The molecule has 52 valence electrons. The van der Waals surface area contributed by atoms with E-state index in [0.29, 0.717) is 5.41 Å². The first kappa shape index (κ1) is 5.69. The molecule has 0 radical (unpaired) electrons. The van der Waals surface area contributed by atoms with Crippen LogP contribution in [0.25, 0.3) is 0 Å². The third kappa shape index (κ3) is 0.700. The maximum Gasteiger partial charge on any atom is 0.0557 e. The average Bonchev–Trinajstić information content (AvgIpc) is 1.56. The first-order valence-corrected chi connectivity index (χ1v) is 3.62. The van der Waals surface area contributed by atoms with Crippen LogP contribution in [0.2, 0.25) is 0 Å². The van der Waals surface area contributed by atoms with E-state index in [-0.39, 0.29) is 0 Å². The normalized spacial score (nSPS) is 39.0. The van der Waals surface area contributed by atoms with E-state index in [0.717, 1.165) is 19.3 Å². The zero-order chi connectivity index (χ0) is 6.32. The van der Waals surface area contributed by atoms with E-state index >= 15 is 0 Å². The summed E-state index contributed by atoms with van der Waals surface area (Å²) in [6.45, 7) is 5.43. The Morgan fingerprint density at radius 2 is 2.22 bits per heavy atom. The molecule has 2 aliphatic rings. The van der Waals surface area contributed by atoms with Crippen LogP contribution in [0.5, 0.6) is 0 Å². The summed E-state index contributed by atoms with van der Waals surface area (Å²) in [6, 6.07) is 0.756. The van der Waals surface area contributed by atoms with Crippen LogP contribution in [0.15, 0.2) is 0 Å². The van der Waals surface area contributed by atoms with Crippen LogP contribution in [0.4, 0.5) is 0 Å². The van der Waals surface area contributed by atoms with Gasteiger partial charge in [0, 0.05) is 11.5 Å². The molecule has 1 N–H and O–H groups in total. The van der Waals surface area contributed by atoms with Crippen LogP contribution >= 0.6 is 0 Å². The van der Waals surface area contributed by atoms with E-state index in [1.807, 2.05) is 0 Å². The summed E-state index contributed by atoms with van der Waals surface area (Å²) in [5, 5.41) is 3.41. The molecule has 0 amide bonds. The van der Waals surface area contributed by atoms with Crippen molar-refractivity contribution in [3.63, 3.8) is 0 Å². The predicted octanol–water partition coefficient (Wildman–Crippen LogP) is 0.385. The molecule has 2 saturated heterocycles. The van der Waals surface area contributed by atoms with Crippen molar-refractivity contribution in [3.8, 4) is 0 Å². The summed E-state index contributed by atoms with van der Waals surface area (Å²) in [7, 11) is 0. The second kappa shape index (κ2) is 1.70. The van der Waals surface area contributed by atoms with Crippen molar-refractivity contribution in [3.05, 3.63) is 0 Å². The lowest BCUT2D eigenvalue weighted by molar-refractivity contribution is -0.131. The molecule has 2 aliphatic heterocycles. The fourth-order valence-electron chi connectivity index (χ4n) is 1.51. The molecule has 1 atom stereocenters. The Kier molecular flexibility index (Phi) is 1.08. The van der Waals surface area contributed by atoms with E-state index in [1.165, 1.54) is 13.0 Å². The van der Waals surface area contributed by atoms with Gasteiger partial charge in [-0.3, -0.25) is 0 Å². The van der Waals surface area contributed by atoms with Gasteiger partial charge in [0.2, 0.25) is 0 Å². The molecule has 0 aromatic rings. The maximum atomic E-state index is 5.15.